The van der Waals surface area contributed by atoms with Gasteiger partial charge in [-0.1, -0.05) is 0 Å². The Kier molecular flexibility index (Phi) is 2.00. The van der Waals surface area contributed by atoms with Gasteiger partial charge in [-0.3, -0.25) is 4.79 Å². The van der Waals surface area contributed by atoms with Crippen LogP contribution in [-0.2, 0) is 0 Å². The number of rotatable bonds is 2. The Balaban J connectivity index is 1.74. The molecular formula is C14H15N3O2. The number of nitrogens with two attached hydrogens (primary N) is 1. The predicted octanol–water partition coefficient (Wildman–Crippen LogP) is 2.06. The summed E-state index contributed by atoms with van der Waals surface area (Å²) in [6.45, 7) is 1.01. The van der Waals surface area contributed by atoms with E-state index in [1.165, 1.54) is 25.7 Å². The second kappa shape index (κ2) is 3.50. The van der Waals surface area contributed by atoms with Crippen molar-refractivity contribution in [2.24, 2.45) is 5.73 Å². The summed E-state index contributed by atoms with van der Waals surface area (Å²) in [6, 6.07) is 5.81. The van der Waals surface area contributed by atoms with E-state index in [0.717, 1.165) is 6.54 Å². The molecular weight excluding hydrogens is 242 g/mol. The lowest BCUT2D eigenvalue weighted by atomic mass is 9.68. The van der Waals surface area contributed by atoms with Crippen LogP contribution in [0.5, 0.6) is 0 Å². The standard InChI is InChI=1S/C14H15N3O2/c15-12(18)9-2-3-11-10(8-9)16-13(19-11)17-7-6-14(17)4-1-5-14/h2-3,8H,1,4-7H2,(H2,15,18). The monoisotopic (exact) mass is 257 g/mol. The van der Waals surface area contributed by atoms with Gasteiger partial charge >= 0.3 is 0 Å². The number of amides is 1. The largest absolute Gasteiger partial charge is 0.423 e. The van der Waals surface area contributed by atoms with Crippen molar-refractivity contribution >= 4 is 23.0 Å². The smallest absolute Gasteiger partial charge is 0.298 e. The molecule has 5 nitrogen and oxygen atoms in total. The minimum atomic E-state index is -0.439. The quantitative estimate of drug-likeness (QED) is 0.893. The van der Waals surface area contributed by atoms with E-state index < -0.39 is 5.91 Å². The third-order valence-corrected chi connectivity index (χ3v) is 4.55. The maximum atomic E-state index is 11.2. The minimum Gasteiger partial charge on any atom is -0.423 e. The zero-order valence-corrected chi connectivity index (χ0v) is 10.6. The highest BCUT2D eigenvalue weighted by Gasteiger charge is 2.50. The second-order valence-corrected chi connectivity index (χ2v) is 5.52. The van der Waals surface area contributed by atoms with Gasteiger partial charge in [0.2, 0.25) is 5.91 Å². The number of carbonyl (C=O) groups excluding carboxylic acids is 1. The zero-order chi connectivity index (χ0) is 13.0. The van der Waals surface area contributed by atoms with Crippen molar-refractivity contribution in [1.29, 1.82) is 0 Å². The van der Waals surface area contributed by atoms with Crippen molar-refractivity contribution in [3.8, 4) is 0 Å². The SMILES string of the molecule is NC(=O)c1ccc2oc(N3CCC34CCC4)nc2c1. The number of fused-ring (bicyclic) bond motifs is 1. The van der Waals surface area contributed by atoms with Gasteiger partial charge in [0.1, 0.15) is 5.52 Å². The van der Waals surface area contributed by atoms with Crippen LogP contribution in [0.4, 0.5) is 6.01 Å². The number of carbonyl (C=O) groups is 1. The second-order valence-electron chi connectivity index (χ2n) is 5.52. The van der Waals surface area contributed by atoms with Crippen LogP contribution in [0, 0.1) is 0 Å². The van der Waals surface area contributed by atoms with Gasteiger partial charge in [-0.2, -0.15) is 4.98 Å². The molecule has 1 saturated carbocycles. The molecule has 2 N–H and O–H groups in total. The van der Waals surface area contributed by atoms with Gasteiger partial charge in [0, 0.05) is 17.6 Å². The Morgan fingerprint density at radius 3 is 2.79 bits per heavy atom. The molecule has 4 rings (SSSR count). The molecule has 1 amide bonds. The highest BCUT2D eigenvalue weighted by atomic mass is 16.4. The molecule has 2 aliphatic rings. The number of benzene rings is 1. The van der Waals surface area contributed by atoms with Crippen molar-refractivity contribution in [3.05, 3.63) is 23.8 Å². The van der Waals surface area contributed by atoms with Crippen molar-refractivity contribution in [3.63, 3.8) is 0 Å². The zero-order valence-electron chi connectivity index (χ0n) is 10.6. The first-order valence-electron chi connectivity index (χ1n) is 6.66. The highest BCUT2D eigenvalue weighted by molar-refractivity contribution is 5.96. The molecule has 5 heteroatoms. The third-order valence-electron chi connectivity index (χ3n) is 4.55. The summed E-state index contributed by atoms with van der Waals surface area (Å²) in [7, 11) is 0. The van der Waals surface area contributed by atoms with Crippen molar-refractivity contribution < 1.29 is 9.21 Å². The van der Waals surface area contributed by atoms with E-state index in [0.29, 0.717) is 28.2 Å². The van der Waals surface area contributed by atoms with Crippen LogP contribution in [0.1, 0.15) is 36.0 Å². The molecule has 2 heterocycles. The van der Waals surface area contributed by atoms with Gasteiger partial charge in [0.15, 0.2) is 5.58 Å². The van der Waals surface area contributed by atoms with Crippen molar-refractivity contribution in [1.82, 2.24) is 4.98 Å². The molecule has 1 aromatic heterocycles. The number of hydrogen-bond donors (Lipinski definition) is 1. The molecule has 1 aliphatic carbocycles. The van der Waals surface area contributed by atoms with Crippen LogP contribution in [0.15, 0.2) is 22.6 Å². The number of nitrogens with zero attached hydrogens (tertiary/aromatic N) is 2. The average Bonchev–Trinajstić information content (AvgIpc) is 2.66. The normalized spacial score (nSPS) is 20.3. The highest BCUT2D eigenvalue weighted by Crippen LogP contribution is 2.49. The number of primary amides is 1. The number of hydrogen-bond acceptors (Lipinski definition) is 4. The van der Waals surface area contributed by atoms with Crippen molar-refractivity contribution in [2.45, 2.75) is 31.2 Å². The van der Waals surface area contributed by atoms with Gasteiger partial charge < -0.3 is 15.1 Å². The van der Waals surface area contributed by atoms with E-state index in [1.807, 2.05) is 0 Å². The Morgan fingerprint density at radius 1 is 1.37 bits per heavy atom. The molecule has 1 saturated heterocycles. The van der Waals surface area contributed by atoms with Gasteiger partial charge in [-0.25, -0.2) is 0 Å². The lowest BCUT2D eigenvalue weighted by molar-refractivity contribution is 0.100. The first kappa shape index (κ1) is 10.8. The van der Waals surface area contributed by atoms with Gasteiger partial charge in [-0.05, 0) is 43.9 Å². The summed E-state index contributed by atoms with van der Waals surface area (Å²) >= 11 is 0. The first-order valence-corrected chi connectivity index (χ1v) is 6.66. The molecule has 1 spiro atoms. The molecule has 19 heavy (non-hydrogen) atoms. The fraction of sp³-hybridized carbons (Fsp3) is 0.429. The molecule has 0 unspecified atom stereocenters. The minimum absolute atomic E-state index is 0.313. The van der Waals surface area contributed by atoms with E-state index in [2.05, 4.69) is 9.88 Å². The summed E-state index contributed by atoms with van der Waals surface area (Å²) in [6.07, 6.45) is 5.00. The summed E-state index contributed by atoms with van der Waals surface area (Å²) in [5, 5.41) is 0. The maximum Gasteiger partial charge on any atom is 0.298 e. The topological polar surface area (TPSA) is 72.4 Å². The van der Waals surface area contributed by atoms with Crippen LogP contribution in [0.3, 0.4) is 0 Å². The third kappa shape index (κ3) is 1.41. The Hall–Kier alpha value is -2.04. The van der Waals surface area contributed by atoms with Crippen molar-refractivity contribution in [2.75, 3.05) is 11.4 Å². The summed E-state index contributed by atoms with van der Waals surface area (Å²) in [5.74, 6) is -0.439. The molecule has 2 aromatic rings. The van der Waals surface area contributed by atoms with Gasteiger partial charge in [-0.15, -0.1) is 0 Å². The average molecular weight is 257 g/mol. The summed E-state index contributed by atoms with van der Waals surface area (Å²) in [5.41, 5.74) is 7.47. The van der Waals surface area contributed by atoms with Crippen LogP contribution in [-0.4, -0.2) is 23.0 Å². The lowest BCUT2D eigenvalue weighted by Gasteiger charge is -2.57. The Bertz CT molecular complexity index is 667. The first-order chi connectivity index (χ1) is 9.18. The molecule has 2 fully saturated rings. The van der Waals surface area contributed by atoms with E-state index in [1.54, 1.807) is 18.2 Å². The molecule has 1 aromatic carbocycles. The van der Waals surface area contributed by atoms with Crippen LogP contribution < -0.4 is 10.6 Å². The molecule has 1 aliphatic heterocycles. The van der Waals surface area contributed by atoms with E-state index in [-0.39, 0.29) is 0 Å². The predicted molar refractivity (Wildman–Crippen MR) is 71.1 cm³/mol. The van der Waals surface area contributed by atoms with E-state index in [9.17, 15) is 4.79 Å². The summed E-state index contributed by atoms with van der Waals surface area (Å²) < 4.78 is 5.80. The van der Waals surface area contributed by atoms with E-state index >= 15 is 0 Å². The van der Waals surface area contributed by atoms with Crippen LogP contribution >= 0.6 is 0 Å². The Labute approximate surface area is 110 Å². The Morgan fingerprint density at radius 2 is 2.21 bits per heavy atom. The number of oxazole rings is 1. The van der Waals surface area contributed by atoms with Gasteiger partial charge in [0.25, 0.3) is 6.01 Å². The molecule has 0 radical (unpaired) electrons. The fourth-order valence-electron chi connectivity index (χ4n) is 3.13. The molecule has 0 atom stereocenters. The number of anilines is 1. The fourth-order valence-corrected chi connectivity index (χ4v) is 3.13. The number of aromatic nitrogens is 1. The molecule has 0 bridgehead atoms. The summed E-state index contributed by atoms with van der Waals surface area (Å²) in [4.78, 5) is 17.9. The van der Waals surface area contributed by atoms with Crippen LogP contribution in [0.25, 0.3) is 11.1 Å². The molecule has 98 valence electrons. The van der Waals surface area contributed by atoms with Crippen LogP contribution in [0.2, 0.25) is 0 Å². The maximum absolute atomic E-state index is 11.2. The van der Waals surface area contributed by atoms with Gasteiger partial charge in [0.05, 0.1) is 0 Å². The van der Waals surface area contributed by atoms with E-state index in [4.69, 9.17) is 10.2 Å². The lowest BCUT2D eigenvalue weighted by Crippen LogP contribution is -2.64.